The molecule has 0 spiro atoms. The fourth-order valence-electron chi connectivity index (χ4n) is 2.94. The molecule has 0 aliphatic heterocycles. The van der Waals surface area contributed by atoms with Crippen molar-refractivity contribution < 1.29 is 14.7 Å². The van der Waals surface area contributed by atoms with E-state index in [9.17, 15) is 4.39 Å². The van der Waals surface area contributed by atoms with Crippen LogP contribution in [0.25, 0.3) is 33.2 Å². The monoisotopic (exact) mass is 293 g/mol. The number of fused-ring (bicyclic) bond motifs is 3. The Morgan fingerprint density at radius 2 is 1.91 bits per heavy atom. The molecule has 2 aromatic heterocycles. The molecule has 0 N–H and O–H groups in total. The third-order valence-electron chi connectivity index (χ3n) is 4.05. The van der Waals surface area contributed by atoms with E-state index in [1.54, 1.807) is 6.07 Å². The lowest BCUT2D eigenvalue weighted by Crippen LogP contribution is -2.30. The number of nitrogens with zero attached hydrogens (tertiary/aromatic N) is 1. The largest absolute Gasteiger partial charge is 0.455 e. The number of aryl methyl sites for hydroxylation is 2. The summed E-state index contributed by atoms with van der Waals surface area (Å²) in [5.74, 6) is -0.569. The van der Waals surface area contributed by atoms with Crippen molar-refractivity contribution in [2.75, 3.05) is 0 Å². The van der Waals surface area contributed by atoms with E-state index in [0.717, 1.165) is 27.6 Å². The van der Waals surface area contributed by atoms with Crippen molar-refractivity contribution >= 4 is 21.9 Å². The molecule has 4 aromatic rings. The van der Waals surface area contributed by atoms with Gasteiger partial charge in [-0.05, 0) is 30.7 Å². The maximum atomic E-state index is 13.7. The van der Waals surface area contributed by atoms with E-state index in [1.165, 1.54) is 6.07 Å². The Kier molecular flexibility index (Phi) is 2.53. The van der Waals surface area contributed by atoms with Crippen LogP contribution in [0, 0.1) is 12.7 Å². The van der Waals surface area contributed by atoms with E-state index in [0.29, 0.717) is 11.2 Å². The predicted octanol–water partition coefficient (Wildman–Crippen LogP) is 4.53. The van der Waals surface area contributed by atoms with Gasteiger partial charge in [0, 0.05) is 28.9 Å². The van der Waals surface area contributed by atoms with E-state index in [1.807, 2.05) is 55.1 Å². The summed E-state index contributed by atoms with van der Waals surface area (Å²) >= 11 is 0. The average Bonchev–Trinajstić information content (AvgIpc) is 2.91. The van der Waals surface area contributed by atoms with Crippen LogP contribution in [0.5, 0.6) is 0 Å². The third-order valence-corrected chi connectivity index (χ3v) is 4.05. The van der Waals surface area contributed by atoms with E-state index >= 15 is 0 Å². The van der Waals surface area contributed by atoms with Crippen LogP contribution in [0.3, 0.4) is 0 Å². The van der Waals surface area contributed by atoms with Gasteiger partial charge in [0.05, 0.1) is 6.93 Å². The number of halogens is 1. The van der Waals surface area contributed by atoms with Crippen LogP contribution < -0.4 is 4.57 Å². The van der Waals surface area contributed by atoms with Gasteiger partial charge >= 0.3 is 0 Å². The first kappa shape index (κ1) is 11.9. The number of benzene rings is 2. The molecule has 0 radical (unpaired) electrons. The van der Waals surface area contributed by atoms with Crippen molar-refractivity contribution in [1.82, 2.24) is 0 Å². The summed E-state index contributed by atoms with van der Waals surface area (Å²) < 4.78 is 29.6. The summed E-state index contributed by atoms with van der Waals surface area (Å²) in [4.78, 5) is 0. The van der Waals surface area contributed by atoms with Crippen molar-refractivity contribution in [2.45, 2.75) is 6.92 Å². The number of hydrogen-bond donors (Lipinski definition) is 0. The highest BCUT2D eigenvalue weighted by Gasteiger charge is 2.19. The first-order valence-corrected chi connectivity index (χ1v) is 7.14. The molecule has 2 aromatic carbocycles. The maximum Gasteiger partial charge on any atom is 0.216 e. The van der Waals surface area contributed by atoms with Crippen LogP contribution in [-0.4, -0.2) is 0 Å². The van der Waals surface area contributed by atoms with Crippen LogP contribution in [0.1, 0.15) is 6.93 Å². The van der Waals surface area contributed by atoms with E-state index < -0.39 is 5.82 Å². The molecule has 0 saturated carbocycles. The van der Waals surface area contributed by atoms with Crippen molar-refractivity contribution in [3.8, 4) is 11.3 Å². The van der Waals surface area contributed by atoms with Gasteiger partial charge in [-0.15, -0.1) is 0 Å². The van der Waals surface area contributed by atoms with E-state index in [4.69, 9.17) is 5.79 Å². The number of aromatic nitrogens is 1. The lowest BCUT2D eigenvalue weighted by Gasteiger charge is -2.04. The second-order valence-electron chi connectivity index (χ2n) is 5.48. The summed E-state index contributed by atoms with van der Waals surface area (Å²) in [6.07, 6.45) is 1.98. The van der Waals surface area contributed by atoms with Gasteiger partial charge < -0.3 is 4.42 Å². The lowest BCUT2D eigenvalue weighted by atomic mass is 10.0. The normalized spacial score (nSPS) is 12.0. The molecular formula is C19H15FNO+. The molecule has 2 nitrogen and oxygen atoms in total. The molecular weight excluding hydrogens is 277 g/mol. The molecule has 0 fully saturated rings. The predicted molar refractivity (Wildman–Crippen MR) is 85.0 cm³/mol. The number of hydrogen-bond acceptors (Lipinski definition) is 1. The van der Waals surface area contributed by atoms with E-state index in [2.05, 4.69) is 0 Å². The molecule has 0 amide bonds. The standard InChI is InChI=1S/C19H15FNO/c1-12-6-8-15-14-9-7-13(20)11-17(14)22-19(15)18(12)16-5-3-4-10-21(16)2/h3-11H,1-2H3/q+1/i11D. The molecule has 22 heavy (non-hydrogen) atoms. The molecule has 108 valence electrons. The fraction of sp³-hybridized carbons (Fsp3) is 0.105. The minimum Gasteiger partial charge on any atom is -0.455 e. The van der Waals surface area contributed by atoms with Crippen molar-refractivity contribution in [3.05, 3.63) is 66.1 Å². The Balaban J connectivity index is 2.19. The van der Waals surface area contributed by atoms with Crippen LogP contribution in [0.15, 0.2) is 59.1 Å². The van der Waals surface area contributed by atoms with Gasteiger partial charge in [-0.3, -0.25) is 0 Å². The molecule has 0 atom stereocenters. The summed E-state index contributed by atoms with van der Waals surface area (Å²) in [6, 6.07) is 12.8. The van der Waals surface area contributed by atoms with Gasteiger partial charge in [0.15, 0.2) is 6.20 Å². The van der Waals surface area contributed by atoms with Gasteiger partial charge in [-0.25, -0.2) is 8.96 Å². The zero-order chi connectivity index (χ0) is 16.1. The van der Waals surface area contributed by atoms with Crippen LogP contribution in [0.2, 0.25) is 0 Å². The Morgan fingerprint density at radius 1 is 1.09 bits per heavy atom. The lowest BCUT2D eigenvalue weighted by molar-refractivity contribution is -0.660. The third kappa shape index (κ3) is 1.82. The quantitative estimate of drug-likeness (QED) is 0.471. The van der Waals surface area contributed by atoms with Gasteiger partial charge in [-0.1, -0.05) is 12.1 Å². The second-order valence-corrected chi connectivity index (χ2v) is 5.48. The molecule has 2 heterocycles. The molecule has 0 bridgehead atoms. The summed E-state index contributed by atoms with van der Waals surface area (Å²) in [5, 5.41) is 1.67. The molecule has 4 rings (SSSR count). The van der Waals surface area contributed by atoms with Crippen molar-refractivity contribution in [1.29, 1.82) is 0 Å². The Hall–Kier alpha value is -2.68. The van der Waals surface area contributed by atoms with Gasteiger partial charge in [-0.2, -0.15) is 0 Å². The molecule has 0 unspecified atom stereocenters. The highest BCUT2D eigenvalue weighted by atomic mass is 19.1. The molecule has 3 heteroatoms. The van der Waals surface area contributed by atoms with Gasteiger partial charge in [0.1, 0.15) is 24.0 Å². The topological polar surface area (TPSA) is 17.0 Å². The maximum absolute atomic E-state index is 13.7. The summed E-state index contributed by atoms with van der Waals surface area (Å²) in [7, 11) is 1.98. The Labute approximate surface area is 128 Å². The van der Waals surface area contributed by atoms with Crippen molar-refractivity contribution in [3.63, 3.8) is 0 Å². The zero-order valence-corrected chi connectivity index (χ0v) is 12.4. The average molecular weight is 293 g/mol. The second kappa shape index (κ2) is 4.67. The van der Waals surface area contributed by atoms with Crippen LogP contribution >= 0.6 is 0 Å². The van der Waals surface area contributed by atoms with Crippen LogP contribution in [-0.2, 0) is 7.05 Å². The Bertz CT molecular complexity index is 1070. The molecule has 0 aliphatic rings. The van der Waals surface area contributed by atoms with Crippen molar-refractivity contribution in [2.24, 2.45) is 7.05 Å². The first-order valence-electron chi connectivity index (χ1n) is 7.64. The van der Waals surface area contributed by atoms with Gasteiger partial charge in [0.25, 0.3) is 0 Å². The van der Waals surface area contributed by atoms with Crippen LogP contribution in [0.4, 0.5) is 4.39 Å². The smallest absolute Gasteiger partial charge is 0.216 e. The highest BCUT2D eigenvalue weighted by Crippen LogP contribution is 2.36. The minimum atomic E-state index is -0.569. The molecule has 0 saturated heterocycles. The number of pyridine rings is 1. The SMILES string of the molecule is [2H]c1c(F)ccc2c1oc1c(-c3cccc[n+]3C)c(C)ccc12. The van der Waals surface area contributed by atoms with E-state index in [-0.39, 0.29) is 6.04 Å². The summed E-state index contributed by atoms with van der Waals surface area (Å²) in [5.41, 5.74) is 4.06. The van der Waals surface area contributed by atoms with Gasteiger partial charge in [0.2, 0.25) is 5.69 Å². The Morgan fingerprint density at radius 3 is 2.73 bits per heavy atom. The number of rotatable bonds is 1. The molecule has 0 aliphatic carbocycles. The highest BCUT2D eigenvalue weighted by molar-refractivity contribution is 6.09. The summed E-state index contributed by atoms with van der Waals surface area (Å²) in [6.45, 7) is 2.02. The minimum absolute atomic E-state index is 0.195. The zero-order valence-electron chi connectivity index (χ0n) is 13.4. The fourth-order valence-corrected chi connectivity index (χ4v) is 2.94. The first-order chi connectivity index (χ1) is 11.1. The number of furan rings is 1.